The molecule has 2 N–H and O–H groups in total. The zero-order valence-corrected chi connectivity index (χ0v) is 10.6. The fourth-order valence-electron chi connectivity index (χ4n) is 2.42. The minimum absolute atomic E-state index is 0.0386. The molecule has 1 aromatic carbocycles. The van der Waals surface area contributed by atoms with Gasteiger partial charge in [0.25, 0.3) is 0 Å². The Hall–Kier alpha value is -1.13. The summed E-state index contributed by atoms with van der Waals surface area (Å²) in [4.78, 5) is 11.5. The van der Waals surface area contributed by atoms with Crippen LogP contribution in [0.15, 0.2) is 18.2 Å². The van der Waals surface area contributed by atoms with E-state index in [1.807, 2.05) is 0 Å². The Morgan fingerprint density at radius 2 is 2.11 bits per heavy atom. The third-order valence-electron chi connectivity index (χ3n) is 3.57. The Kier molecular flexibility index (Phi) is 3.88. The van der Waals surface area contributed by atoms with Crippen molar-refractivity contribution in [2.45, 2.75) is 19.3 Å². The third-order valence-corrected chi connectivity index (χ3v) is 4.00. The molecule has 0 spiro atoms. The highest BCUT2D eigenvalue weighted by molar-refractivity contribution is 6.31. The van der Waals surface area contributed by atoms with Gasteiger partial charge >= 0.3 is 5.97 Å². The van der Waals surface area contributed by atoms with Gasteiger partial charge in [0.05, 0.1) is 10.4 Å². The first-order valence-corrected chi connectivity index (χ1v) is 6.30. The highest BCUT2D eigenvalue weighted by Gasteiger charge is 2.40. The van der Waals surface area contributed by atoms with Gasteiger partial charge in [-0.2, -0.15) is 0 Å². The van der Waals surface area contributed by atoms with E-state index >= 15 is 0 Å². The van der Waals surface area contributed by atoms with E-state index in [1.54, 1.807) is 12.1 Å². The second-order valence-corrected chi connectivity index (χ2v) is 5.10. The van der Waals surface area contributed by atoms with Crippen LogP contribution >= 0.6 is 11.6 Å². The van der Waals surface area contributed by atoms with Gasteiger partial charge in [0, 0.05) is 0 Å². The summed E-state index contributed by atoms with van der Waals surface area (Å²) in [6.45, 7) is 1.33. The molecule has 0 atom stereocenters. The maximum Gasteiger partial charge on any atom is 0.310 e. The number of aliphatic carboxylic acids is 1. The van der Waals surface area contributed by atoms with Crippen LogP contribution in [0.3, 0.4) is 0 Å². The second-order valence-electron chi connectivity index (χ2n) is 4.73. The van der Waals surface area contributed by atoms with E-state index < -0.39 is 17.2 Å². The number of hydrogen-bond donors (Lipinski definition) is 2. The topological polar surface area (TPSA) is 49.3 Å². The minimum atomic E-state index is -0.831. The van der Waals surface area contributed by atoms with E-state index in [2.05, 4.69) is 5.32 Å². The summed E-state index contributed by atoms with van der Waals surface area (Å²) >= 11 is 5.90. The van der Waals surface area contributed by atoms with Crippen LogP contribution in [0.2, 0.25) is 5.02 Å². The highest BCUT2D eigenvalue weighted by atomic mass is 35.5. The Morgan fingerprint density at radius 3 is 2.72 bits per heavy atom. The molecule has 1 aliphatic rings. The maximum absolute atomic E-state index is 13.4. The van der Waals surface area contributed by atoms with Gasteiger partial charge in [-0.25, -0.2) is 4.39 Å². The molecule has 3 nitrogen and oxygen atoms in total. The van der Waals surface area contributed by atoms with Crippen molar-refractivity contribution in [1.29, 1.82) is 0 Å². The molecule has 0 unspecified atom stereocenters. The quantitative estimate of drug-likeness (QED) is 0.888. The molecule has 1 fully saturated rings. The smallest absolute Gasteiger partial charge is 0.310 e. The van der Waals surface area contributed by atoms with Crippen LogP contribution in [0.1, 0.15) is 18.4 Å². The van der Waals surface area contributed by atoms with Crippen LogP contribution < -0.4 is 5.32 Å². The van der Waals surface area contributed by atoms with Crippen molar-refractivity contribution in [3.05, 3.63) is 34.6 Å². The molecule has 0 aromatic heterocycles. The first kappa shape index (κ1) is 13.3. The number of nitrogens with one attached hydrogen (secondary N) is 1. The van der Waals surface area contributed by atoms with Gasteiger partial charge in [0.2, 0.25) is 0 Å². The number of hydrogen-bond acceptors (Lipinski definition) is 2. The summed E-state index contributed by atoms with van der Waals surface area (Å²) in [7, 11) is 0. The van der Waals surface area contributed by atoms with E-state index in [0.29, 0.717) is 31.5 Å². The Labute approximate surface area is 110 Å². The molecule has 0 radical (unpaired) electrons. The van der Waals surface area contributed by atoms with Crippen molar-refractivity contribution in [3.8, 4) is 0 Å². The van der Waals surface area contributed by atoms with Crippen LogP contribution in [0, 0.1) is 11.2 Å². The summed E-state index contributed by atoms with van der Waals surface area (Å²) in [5.74, 6) is -1.33. The van der Waals surface area contributed by atoms with Gasteiger partial charge in [-0.3, -0.25) is 4.79 Å². The normalized spacial score (nSPS) is 18.6. The van der Waals surface area contributed by atoms with Gasteiger partial charge in [-0.1, -0.05) is 23.7 Å². The predicted octanol–water partition coefficient (Wildman–Crippen LogP) is 2.48. The molecule has 1 aliphatic heterocycles. The Bertz CT molecular complexity index is 458. The van der Waals surface area contributed by atoms with Gasteiger partial charge in [0.1, 0.15) is 5.82 Å². The van der Waals surface area contributed by atoms with Crippen molar-refractivity contribution in [1.82, 2.24) is 5.32 Å². The molecule has 18 heavy (non-hydrogen) atoms. The standard InChI is InChI=1S/C13H15ClFNO2/c14-11-9(2-1-3-10(11)15)8-13(12(17)18)4-6-16-7-5-13/h1-3,16H,4-8H2,(H,17,18). The minimum Gasteiger partial charge on any atom is -0.481 e. The van der Waals surface area contributed by atoms with Crippen LogP contribution in [0.5, 0.6) is 0 Å². The van der Waals surface area contributed by atoms with Gasteiger partial charge < -0.3 is 10.4 Å². The van der Waals surface area contributed by atoms with E-state index in [1.165, 1.54) is 6.07 Å². The second kappa shape index (κ2) is 5.24. The predicted molar refractivity (Wildman–Crippen MR) is 67.3 cm³/mol. The highest BCUT2D eigenvalue weighted by Crippen LogP contribution is 2.35. The number of carbonyl (C=O) groups is 1. The Balaban J connectivity index is 2.29. The van der Waals surface area contributed by atoms with Crippen LogP contribution in [-0.2, 0) is 11.2 Å². The monoisotopic (exact) mass is 271 g/mol. The molecule has 2 rings (SSSR count). The summed E-state index contributed by atoms with van der Waals surface area (Å²) < 4.78 is 13.4. The number of halogens is 2. The van der Waals surface area contributed by atoms with Gasteiger partial charge in [-0.15, -0.1) is 0 Å². The molecule has 0 aliphatic carbocycles. The van der Waals surface area contributed by atoms with E-state index in [4.69, 9.17) is 11.6 Å². The molecular weight excluding hydrogens is 257 g/mol. The molecule has 98 valence electrons. The lowest BCUT2D eigenvalue weighted by Crippen LogP contribution is -2.43. The molecule has 1 aromatic rings. The SMILES string of the molecule is O=C(O)C1(Cc2cccc(F)c2Cl)CCNCC1. The summed E-state index contributed by atoms with van der Waals surface area (Å²) in [6, 6.07) is 4.53. The molecular formula is C13H15ClFNO2. The lowest BCUT2D eigenvalue weighted by molar-refractivity contribution is -0.150. The van der Waals surface area contributed by atoms with E-state index in [-0.39, 0.29) is 11.4 Å². The lowest BCUT2D eigenvalue weighted by Gasteiger charge is -2.34. The van der Waals surface area contributed by atoms with Crippen molar-refractivity contribution in [3.63, 3.8) is 0 Å². The van der Waals surface area contributed by atoms with Crippen LogP contribution in [-0.4, -0.2) is 24.2 Å². The van der Waals surface area contributed by atoms with Crippen molar-refractivity contribution in [2.24, 2.45) is 5.41 Å². The third kappa shape index (κ3) is 2.49. The summed E-state index contributed by atoms with van der Waals surface area (Å²) in [6.07, 6.45) is 1.35. The number of benzene rings is 1. The van der Waals surface area contributed by atoms with Gasteiger partial charge in [0.15, 0.2) is 0 Å². The van der Waals surface area contributed by atoms with E-state index in [0.717, 1.165) is 0 Å². The average Bonchev–Trinajstić information content (AvgIpc) is 2.36. The lowest BCUT2D eigenvalue weighted by atomic mass is 9.74. The summed E-state index contributed by atoms with van der Waals surface area (Å²) in [5.41, 5.74) is -0.260. The van der Waals surface area contributed by atoms with Crippen molar-refractivity contribution in [2.75, 3.05) is 13.1 Å². The molecule has 0 bridgehead atoms. The molecule has 5 heteroatoms. The Morgan fingerprint density at radius 1 is 1.44 bits per heavy atom. The van der Waals surface area contributed by atoms with Crippen LogP contribution in [0.4, 0.5) is 4.39 Å². The number of piperidine rings is 1. The molecule has 0 saturated carbocycles. The van der Waals surface area contributed by atoms with Crippen molar-refractivity contribution < 1.29 is 14.3 Å². The molecule has 1 heterocycles. The zero-order valence-electron chi connectivity index (χ0n) is 9.88. The fraction of sp³-hybridized carbons (Fsp3) is 0.462. The first-order valence-electron chi connectivity index (χ1n) is 5.92. The largest absolute Gasteiger partial charge is 0.481 e. The van der Waals surface area contributed by atoms with E-state index in [9.17, 15) is 14.3 Å². The maximum atomic E-state index is 13.4. The number of carboxylic acid groups (broad SMARTS) is 1. The summed E-state index contributed by atoms with van der Waals surface area (Å²) in [5, 5.41) is 12.6. The average molecular weight is 272 g/mol. The van der Waals surface area contributed by atoms with Crippen LogP contribution in [0.25, 0.3) is 0 Å². The molecule has 1 saturated heterocycles. The zero-order chi connectivity index (χ0) is 13.2. The fourth-order valence-corrected chi connectivity index (χ4v) is 2.61. The molecule has 0 amide bonds. The first-order chi connectivity index (χ1) is 8.55. The number of rotatable bonds is 3. The van der Waals surface area contributed by atoms with Crippen molar-refractivity contribution >= 4 is 17.6 Å². The number of carboxylic acids is 1. The van der Waals surface area contributed by atoms with Gasteiger partial charge in [-0.05, 0) is 44.0 Å².